The maximum absolute atomic E-state index is 12.6. The summed E-state index contributed by atoms with van der Waals surface area (Å²) in [5.41, 5.74) is 2.79. The molecule has 0 saturated heterocycles. The number of amides is 1. The summed E-state index contributed by atoms with van der Waals surface area (Å²) in [6, 6.07) is 17.0. The van der Waals surface area contributed by atoms with Gasteiger partial charge in [-0.3, -0.25) is 4.79 Å². The van der Waals surface area contributed by atoms with Gasteiger partial charge in [-0.15, -0.1) is 0 Å². The Bertz CT molecular complexity index is 835. The zero-order chi connectivity index (χ0) is 19.4. The van der Waals surface area contributed by atoms with Crippen LogP contribution in [-0.2, 0) is 32.3 Å². The fourth-order valence-corrected chi connectivity index (χ4v) is 3.87. The van der Waals surface area contributed by atoms with Crippen LogP contribution in [0.3, 0.4) is 0 Å². The molecule has 1 atom stereocenters. The predicted octanol–water partition coefficient (Wildman–Crippen LogP) is 3.60. The second-order valence-corrected chi connectivity index (χ2v) is 9.92. The number of benzene rings is 2. The number of nitrogens with one attached hydrogen (secondary N) is 1. The van der Waals surface area contributed by atoms with E-state index in [0.29, 0.717) is 12.1 Å². The first kappa shape index (κ1) is 20.2. The van der Waals surface area contributed by atoms with Crippen LogP contribution in [0.5, 0.6) is 0 Å². The Morgan fingerprint density at radius 2 is 1.54 bits per heavy atom. The molecule has 0 aliphatic rings. The highest BCUT2D eigenvalue weighted by Crippen LogP contribution is 2.23. The maximum atomic E-state index is 12.6. The number of rotatable bonds is 6. The molecule has 0 heterocycles. The van der Waals surface area contributed by atoms with Crippen molar-refractivity contribution in [3.8, 4) is 0 Å². The summed E-state index contributed by atoms with van der Waals surface area (Å²) in [6.07, 6.45) is 0. The second kappa shape index (κ2) is 8.04. The molecule has 0 saturated carbocycles. The summed E-state index contributed by atoms with van der Waals surface area (Å²) in [7, 11) is -3.58. The SMILES string of the molecule is C[C@H](C(=O)NCc1ccccc1)S(=O)(=O)Cc1ccc(C(C)(C)C)cc1. The van der Waals surface area contributed by atoms with Crippen LogP contribution in [0.15, 0.2) is 54.6 Å². The first-order chi connectivity index (χ1) is 12.1. The van der Waals surface area contributed by atoms with Crippen LogP contribution in [0.25, 0.3) is 0 Å². The van der Waals surface area contributed by atoms with E-state index >= 15 is 0 Å². The van der Waals surface area contributed by atoms with Crippen molar-refractivity contribution in [3.63, 3.8) is 0 Å². The fraction of sp³-hybridized carbons (Fsp3) is 0.381. The van der Waals surface area contributed by atoms with Crippen LogP contribution in [0, 0.1) is 0 Å². The van der Waals surface area contributed by atoms with Gasteiger partial charge in [-0.25, -0.2) is 8.42 Å². The summed E-state index contributed by atoms with van der Waals surface area (Å²) in [6.45, 7) is 8.09. The second-order valence-electron chi connectivity index (χ2n) is 7.60. The Morgan fingerprint density at radius 3 is 2.08 bits per heavy atom. The smallest absolute Gasteiger partial charge is 0.238 e. The van der Waals surface area contributed by atoms with Crippen molar-refractivity contribution in [3.05, 3.63) is 71.3 Å². The Kier molecular flexibility index (Phi) is 6.24. The normalized spacial score (nSPS) is 13.2. The first-order valence-electron chi connectivity index (χ1n) is 8.72. The van der Waals surface area contributed by atoms with E-state index in [2.05, 4.69) is 26.1 Å². The summed E-state index contributed by atoms with van der Waals surface area (Å²) >= 11 is 0. The van der Waals surface area contributed by atoms with Crippen LogP contribution in [0.1, 0.15) is 44.4 Å². The monoisotopic (exact) mass is 373 g/mol. The minimum atomic E-state index is -3.58. The quantitative estimate of drug-likeness (QED) is 0.841. The molecule has 0 aromatic heterocycles. The summed E-state index contributed by atoms with van der Waals surface area (Å²) in [5, 5.41) is 1.61. The molecule has 0 bridgehead atoms. The van der Waals surface area contributed by atoms with Crippen LogP contribution in [-0.4, -0.2) is 19.6 Å². The first-order valence-corrected chi connectivity index (χ1v) is 10.4. The van der Waals surface area contributed by atoms with Crippen LogP contribution in [0.2, 0.25) is 0 Å². The van der Waals surface area contributed by atoms with Crippen molar-refractivity contribution in [2.75, 3.05) is 0 Å². The Labute approximate surface area is 156 Å². The van der Waals surface area contributed by atoms with Gasteiger partial charge in [0.2, 0.25) is 5.91 Å². The van der Waals surface area contributed by atoms with Gasteiger partial charge in [-0.1, -0.05) is 75.4 Å². The average Bonchev–Trinajstić information content (AvgIpc) is 2.59. The molecule has 0 aliphatic heterocycles. The number of sulfone groups is 1. The Balaban J connectivity index is 2.00. The molecular weight excluding hydrogens is 346 g/mol. The third kappa shape index (κ3) is 5.43. The van der Waals surface area contributed by atoms with E-state index in [0.717, 1.165) is 11.1 Å². The zero-order valence-electron chi connectivity index (χ0n) is 15.8. The van der Waals surface area contributed by atoms with E-state index in [1.807, 2.05) is 54.6 Å². The topological polar surface area (TPSA) is 63.2 Å². The molecule has 0 spiro atoms. The molecule has 2 aromatic carbocycles. The lowest BCUT2D eigenvalue weighted by atomic mass is 9.87. The molecule has 0 radical (unpaired) electrons. The molecule has 5 heteroatoms. The van der Waals surface area contributed by atoms with E-state index in [1.165, 1.54) is 6.92 Å². The molecule has 1 N–H and O–H groups in total. The van der Waals surface area contributed by atoms with Crippen molar-refractivity contribution in [2.45, 2.75) is 50.7 Å². The number of carbonyl (C=O) groups excluding carboxylic acids is 1. The summed E-state index contributed by atoms with van der Waals surface area (Å²) in [5.74, 6) is -0.614. The molecular formula is C21H27NO3S. The summed E-state index contributed by atoms with van der Waals surface area (Å²) < 4.78 is 25.1. The van der Waals surface area contributed by atoms with Crippen molar-refractivity contribution >= 4 is 15.7 Å². The van der Waals surface area contributed by atoms with Gasteiger partial charge in [0, 0.05) is 6.54 Å². The third-order valence-electron chi connectivity index (χ3n) is 4.41. The minimum Gasteiger partial charge on any atom is -0.351 e. The molecule has 1 amide bonds. The molecule has 4 nitrogen and oxygen atoms in total. The van der Waals surface area contributed by atoms with E-state index in [1.54, 1.807) is 0 Å². The lowest BCUT2D eigenvalue weighted by Gasteiger charge is -2.19. The van der Waals surface area contributed by atoms with Gasteiger partial charge in [0.05, 0.1) is 5.75 Å². The van der Waals surface area contributed by atoms with Crippen molar-refractivity contribution in [2.24, 2.45) is 0 Å². The van der Waals surface area contributed by atoms with Gasteiger partial charge in [0.15, 0.2) is 9.84 Å². The summed E-state index contributed by atoms with van der Waals surface area (Å²) in [4.78, 5) is 12.2. The molecule has 26 heavy (non-hydrogen) atoms. The van der Waals surface area contributed by atoms with Gasteiger partial charge in [0.1, 0.15) is 5.25 Å². The minimum absolute atomic E-state index is 0.0159. The number of carbonyl (C=O) groups is 1. The lowest BCUT2D eigenvalue weighted by molar-refractivity contribution is -0.120. The maximum Gasteiger partial charge on any atom is 0.238 e. The predicted molar refractivity (Wildman–Crippen MR) is 106 cm³/mol. The standard InChI is InChI=1S/C21H27NO3S/c1-16(20(23)22-14-17-8-6-5-7-9-17)26(24,25)15-18-10-12-19(13-11-18)21(2,3)4/h5-13,16H,14-15H2,1-4H3,(H,22,23)/t16-/m1/s1. The van der Waals surface area contributed by atoms with Gasteiger partial charge in [-0.05, 0) is 29.0 Å². The van der Waals surface area contributed by atoms with Gasteiger partial charge >= 0.3 is 0 Å². The molecule has 0 unspecified atom stereocenters. The zero-order valence-corrected chi connectivity index (χ0v) is 16.6. The molecule has 0 fully saturated rings. The molecule has 140 valence electrons. The van der Waals surface area contributed by atoms with Crippen molar-refractivity contribution in [1.29, 1.82) is 0 Å². The highest BCUT2D eigenvalue weighted by molar-refractivity contribution is 7.92. The van der Waals surface area contributed by atoms with E-state index in [9.17, 15) is 13.2 Å². The van der Waals surface area contributed by atoms with Gasteiger partial charge in [0.25, 0.3) is 0 Å². The fourth-order valence-electron chi connectivity index (χ4n) is 2.55. The third-order valence-corrected chi connectivity index (χ3v) is 6.43. The van der Waals surface area contributed by atoms with Crippen molar-refractivity contribution < 1.29 is 13.2 Å². The molecule has 2 aromatic rings. The van der Waals surface area contributed by atoms with E-state index in [4.69, 9.17) is 0 Å². The van der Waals surface area contributed by atoms with E-state index < -0.39 is 21.0 Å². The van der Waals surface area contributed by atoms with Gasteiger partial charge < -0.3 is 5.32 Å². The molecule has 0 aliphatic carbocycles. The molecule has 2 rings (SSSR count). The Morgan fingerprint density at radius 1 is 0.962 bits per heavy atom. The number of hydrogen-bond donors (Lipinski definition) is 1. The largest absolute Gasteiger partial charge is 0.351 e. The average molecular weight is 374 g/mol. The van der Waals surface area contributed by atoms with Crippen molar-refractivity contribution in [1.82, 2.24) is 5.32 Å². The van der Waals surface area contributed by atoms with Crippen LogP contribution >= 0.6 is 0 Å². The highest BCUT2D eigenvalue weighted by atomic mass is 32.2. The van der Waals surface area contributed by atoms with Crippen LogP contribution < -0.4 is 5.32 Å². The lowest BCUT2D eigenvalue weighted by Crippen LogP contribution is -2.38. The van der Waals surface area contributed by atoms with Gasteiger partial charge in [-0.2, -0.15) is 0 Å². The Hall–Kier alpha value is -2.14. The number of hydrogen-bond acceptors (Lipinski definition) is 3. The highest BCUT2D eigenvalue weighted by Gasteiger charge is 2.28. The van der Waals surface area contributed by atoms with E-state index in [-0.39, 0.29) is 11.2 Å². The van der Waals surface area contributed by atoms with Crippen LogP contribution in [0.4, 0.5) is 0 Å².